The van der Waals surface area contributed by atoms with Crippen molar-refractivity contribution in [2.24, 2.45) is 0 Å². The number of hydrogen-bond acceptors (Lipinski definition) is 5. The Morgan fingerprint density at radius 2 is 1.58 bits per heavy atom. The number of Topliss-reactive ketones (excluding diaryl/α,β-unsaturated/α-hetero) is 1. The lowest BCUT2D eigenvalue weighted by Gasteiger charge is -2.11. The minimum absolute atomic E-state index is 0.0963. The summed E-state index contributed by atoms with van der Waals surface area (Å²) in [5.74, 6) is -0.112. The minimum atomic E-state index is -3.71. The van der Waals surface area contributed by atoms with Gasteiger partial charge in [0.25, 0.3) is 10.0 Å². The highest BCUT2D eigenvalue weighted by atomic mass is 32.2. The Morgan fingerprint density at radius 3 is 2.12 bits per heavy atom. The molecule has 24 heavy (non-hydrogen) atoms. The van der Waals surface area contributed by atoms with Crippen LogP contribution >= 0.6 is 0 Å². The van der Waals surface area contributed by atoms with Crippen molar-refractivity contribution < 1.29 is 22.7 Å². The summed E-state index contributed by atoms with van der Waals surface area (Å²) in [6, 6.07) is 12.6. The van der Waals surface area contributed by atoms with Crippen molar-refractivity contribution >= 4 is 21.5 Å². The maximum absolute atomic E-state index is 12.4. The van der Waals surface area contributed by atoms with E-state index in [1.54, 1.807) is 24.3 Å². The van der Waals surface area contributed by atoms with Crippen LogP contribution in [0.2, 0.25) is 0 Å². The molecule has 0 aliphatic carbocycles. The largest absolute Gasteiger partial charge is 0.346 e. The standard InChI is InChI=1S/C17H17NO5S/c1-12(19)13-4-8-16(9-5-13)24(20,21)18-15-6-2-14(3-7-15)17-22-10-11-23-17/h2-9,17-18H,10-11H2,1H3. The fraction of sp³-hybridized carbons (Fsp3) is 0.235. The van der Waals surface area contributed by atoms with Gasteiger partial charge in [0, 0.05) is 16.8 Å². The topological polar surface area (TPSA) is 81.7 Å². The monoisotopic (exact) mass is 347 g/mol. The first kappa shape index (κ1) is 16.6. The summed E-state index contributed by atoms with van der Waals surface area (Å²) in [7, 11) is -3.71. The molecule has 1 N–H and O–H groups in total. The molecule has 0 aromatic heterocycles. The van der Waals surface area contributed by atoms with Crippen LogP contribution in [0.1, 0.15) is 29.1 Å². The van der Waals surface area contributed by atoms with E-state index in [-0.39, 0.29) is 10.7 Å². The van der Waals surface area contributed by atoms with Gasteiger partial charge >= 0.3 is 0 Å². The van der Waals surface area contributed by atoms with Crippen LogP contribution in [-0.2, 0) is 19.5 Å². The third-order valence-corrected chi connectivity index (χ3v) is 5.03. The smallest absolute Gasteiger partial charge is 0.261 e. The van der Waals surface area contributed by atoms with E-state index >= 15 is 0 Å². The average molecular weight is 347 g/mol. The second kappa shape index (κ2) is 6.72. The van der Waals surface area contributed by atoms with Gasteiger partial charge in [-0.2, -0.15) is 0 Å². The van der Waals surface area contributed by atoms with Crippen LogP contribution in [0.3, 0.4) is 0 Å². The van der Waals surface area contributed by atoms with Gasteiger partial charge in [0.1, 0.15) is 0 Å². The number of carbonyl (C=O) groups is 1. The Kier molecular flexibility index (Phi) is 4.66. The molecular weight excluding hydrogens is 330 g/mol. The molecule has 1 aliphatic heterocycles. The zero-order valence-electron chi connectivity index (χ0n) is 13.1. The van der Waals surface area contributed by atoms with Gasteiger partial charge in [-0.25, -0.2) is 8.42 Å². The molecule has 0 amide bonds. The summed E-state index contributed by atoms with van der Waals surface area (Å²) in [5.41, 5.74) is 1.74. The number of hydrogen-bond donors (Lipinski definition) is 1. The number of sulfonamides is 1. The van der Waals surface area contributed by atoms with Crippen LogP contribution in [-0.4, -0.2) is 27.4 Å². The highest BCUT2D eigenvalue weighted by Crippen LogP contribution is 2.25. The number of benzene rings is 2. The second-order valence-electron chi connectivity index (χ2n) is 5.38. The summed E-state index contributed by atoms with van der Waals surface area (Å²) in [4.78, 5) is 11.3. The fourth-order valence-corrected chi connectivity index (χ4v) is 3.40. The number of rotatable bonds is 5. The van der Waals surface area contributed by atoms with Crippen molar-refractivity contribution in [3.8, 4) is 0 Å². The normalized spacial score (nSPS) is 15.4. The van der Waals surface area contributed by atoms with Crippen LogP contribution in [0, 0.1) is 0 Å². The van der Waals surface area contributed by atoms with Crippen molar-refractivity contribution in [3.05, 3.63) is 59.7 Å². The molecule has 0 radical (unpaired) electrons. The molecule has 2 aromatic rings. The van der Waals surface area contributed by atoms with E-state index in [1.807, 2.05) is 0 Å². The molecule has 0 spiro atoms. The van der Waals surface area contributed by atoms with E-state index in [9.17, 15) is 13.2 Å². The van der Waals surface area contributed by atoms with Gasteiger partial charge in [-0.3, -0.25) is 9.52 Å². The molecule has 1 aliphatic rings. The van der Waals surface area contributed by atoms with E-state index in [1.165, 1.54) is 31.2 Å². The molecule has 1 fully saturated rings. The predicted octanol–water partition coefficient (Wildman–Crippen LogP) is 2.74. The Bertz CT molecular complexity index is 822. The number of anilines is 1. The highest BCUT2D eigenvalue weighted by Gasteiger charge is 2.19. The quantitative estimate of drug-likeness (QED) is 0.841. The SMILES string of the molecule is CC(=O)c1ccc(S(=O)(=O)Nc2ccc(C3OCCO3)cc2)cc1. The van der Waals surface area contributed by atoms with Crippen LogP contribution < -0.4 is 4.72 Å². The molecule has 7 heteroatoms. The van der Waals surface area contributed by atoms with Crippen LogP contribution in [0.25, 0.3) is 0 Å². The van der Waals surface area contributed by atoms with Gasteiger partial charge in [-0.05, 0) is 31.2 Å². The van der Waals surface area contributed by atoms with E-state index in [2.05, 4.69) is 4.72 Å². The summed E-state index contributed by atoms with van der Waals surface area (Å²) < 4.78 is 38.0. The third-order valence-electron chi connectivity index (χ3n) is 3.63. The molecule has 6 nitrogen and oxygen atoms in total. The van der Waals surface area contributed by atoms with Gasteiger partial charge in [0.2, 0.25) is 0 Å². The van der Waals surface area contributed by atoms with Crippen molar-refractivity contribution in [3.63, 3.8) is 0 Å². The molecule has 2 aromatic carbocycles. The Labute approximate surface area is 140 Å². The summed E-state index contributed by atoms with van der Waals surface area (Å²) >= 11 is 0. The average Bonchev–Trinajstić information content (AvgIpc) is 3.10. The predicted molar refractivity (Wildman–Crippen MR) is 88.3 cm³/mol. The van der Waals surface area contributed by atoms with Crippen LogP contribution in [0.4, 0.5) is 5.69 Å². The minimum Gasteiger partial charge on any atom is -0.346 e. The lowest BCUT2D eigenvalue weighted by molar-refractivity contribution is -0.0441. The molecule has 1 saturated heterocycles. The molecule has 1 heterocycles. The van der Waals surface area contributed by atoms with Gasteiger partial charge in [0.15, 0.2) is 12.1 Å². The van der Waals surface area contributed by atoms with Crippen LogP contribution in [0.5, 0.6) is 0 Å². The molecule has 0 unspecified atom stereocenters. The zero-order valence-corrected chi connectivity index (χ0v) is 13.9. The highest BCUT2D eigenvalue weighted by molar-refractivity contribution is 7.92. The Hall–Kier alpha value is -2.22. The molecule has 3 rings (SSSR count). The Balaban J connectivity index is 1.75. The lowest BCUT2D eigenvalue weighted by Crippen LogP contribution is -2.13. The molecule has 0 atom stereocenters. The molecule has 0 saturated carbocycles. The van der Waals surface area contributed by atoms with E-state index in [0.29, 0.717) is 24.5 Å². The van der Waals surface area contributed by atoms with Crippen LogP contribution in [0.15, 0.2) is 53.4 Å². The molecular formula is C17H17NO5S. The molecule has 0 bridgehead atoms. The van der Waals surface area contributed by atoms with Gasteiger partial charge < -0.3 is 9.47 Å². The number of ketones is 1. The van der Waals surface area contributed by atoms with Gasteiger partial charge in [-0.1, -0.05) is 24.3 Å². The summed E-state index contributed by atoms with van der Waals surface area (Å²) in [6.07, 6.45) is -0.394. The van der Waals surface area contributed by atoms with E-state index in [0.717, 1.165) is 5.56 Å². The van der Waals surface area contributed by atoms with Crippen molar-refractivity contribution in [2.75, 3.05) is 17.9 Å². The van der Waals surface area contributed by atoms with Gasteiger partial charge in [0.05, 0.1) is 18.1 Å². The first-order chi connectivity index (χ1) is 11.5. The maximum atomic E-state index is 12.4. The summed E-state index contributed by atoms with van der Waals surface area (Å²) in [6.45, 7) is 2.53. The van der Waals surface area contributed by atoms with E-state index in [4.69, 9.17) is 9.47 Å². The second-order valence-corrected chi connectivity index (χ2v) is 7.06. The maximum Gasteiger partial charge on any atom is 0.261 e. The number of ether oxygens (including phenoxy) is 2. The van der Waals surface area contributed by atoms with Crippen molar-refractivity contribution in [2.45, 2.75) is 18.1 Å². The van der Waals surface area contributed by atoms with Gasteiger partial charge in [-0.15, -0.1) is 0 Å². The van der Waals surface area contributed by atoms with Crippen molar-refractivity contribution in [1.29, 1.82) is 0 Å². The summed E-state index contributed by atoms with van der Waals surface area (Å²) in [5, 5.41) is 0. The third kappa shape index (κ3) is 3.64. The fourth-order valence-electron chi connectivity index (χ4n) is 2.34. The van der Waals surface area contributed by atoms with Crippen molar-refractivity contribution in [1.82, 2.24) is 0 Å². The first-order valence-corrected chi connectivity index (χ1v) is 8.91. The lowest BCUT2D eigenvalue weighted by atomic mass is 10.2. The zero-order chi connectivity index (χ0) is 17.2. The number of carbonyl (C=O) groups excluding carboxylic acids is 1. The Morgan fingerprint density at radius 1 is 1.00 bits per heavy atom. The van der Waals surface area contributed by atoms with E-state index < -0.39 is 16.3 Å². The number of nitrogens with one attached hydrogen (secondary N) is 1. The molecule has 126 valence electrons. The first-order valence-electron chi connectivity index (χ1n) is 7.43.